The van der Waals surface area contributed by atoms with E-state index in [-0.39, 0.29) is 24.3 Å². The van der Waals surface area contributed by atoms with Gasteiger partial charge in [0.2, 0.25) is 0 Å². The third kappa shape index (κ3) is 4.72. The lowest BCUT2D eigenvalue weighted by molar-refractivity contribution is -0.119. The van der Waals surface area contributed by atoms with Crippen molar-refractivity contribution in [1.82, 2.24) is 0 Å². The molecule has 0 aliphatic carbocycles. The number of hydrogen-bond acceptors (Lipinski definition) is 3. The molecule has 0 fully saturated rings. The van der Waals surface area contributed by atoms with Crippen LogP contribution in [-0.2, 0) is 9.53 Å². The van der Waals surface area contributed by atoms with Crippen LogP contribution in [0.25, 0.3) is 0 Å². The maximum atomic E-state index is 12.4. The van der Waals surface area contributed by atoms with Gasteiger partial charge >= 0.3 is 5.97 Å². The van der Waals surface area contributed by atoms with Gasteiger partial charge in [-0.2, -0.15) is 0 Å². The van der Waals surface area contributed by atoms with E-state index in [0.717, 1.165) is 22.4 Å². The molecule has 0 aromatic heterocycles. The zero-order chi connectivity index (χ0) is 19.3. The highest BCUT2D eigenvalue weighted by Crippen LogP contribution is 2.32. The summed E-state index contributed by atoms with van der Waals surface area (Å²) < 4.78 is 5.19. The van der Waals surface area contributed by atoms with Crippen molar-refractivity contribution >= 4 is 17.6 Å². The molecule has 2 aromatic rings. The molecular weight excluding hydrogens is 326 g/mol. The van der Waals surface area contributed by atoms with Gasteiger partial charge in [-0.3, -0.25) is 4.79 Å². The Morgan fingerprint density at radius 1 is 0.923 bits per heavy atom. The average Bonchev–Trinajstić information content (AvgIpc) is 2.59. The van der Waals surface area contributed by atoms with E-state index in [0.29, 0.717) is 5.56 Å². The predicted octanol–water partition coefficient (Wildman–Crippen LogP) is 5.04. The fourth-order valence-corrected chi connectivity index (χ4v) is 2.88. The summed E-state index contributed by atoms with van der Waals surface area (Å²) in [4.78, 5) is 24.6. The van der Waals surface area contributed by atoms with Crippen molar-refractivity contribution in [3.8, 4) is 0 Å². The van der Waals surface area contributed by atoms with E-state index < -0.39 is 5.97 Å². The van der Waals surface area contributed by atoms with Gasteiger partial charge < -0.3 is 10.1 Å². The Morgan fingerprint density at radius 2 is 1.50 bits per heavy atom. The molecule has 0 saturated carbocycles. The van der Waals surface area contributed by atoms with Crippen LogP contribution in [-0.4, -0.2) is 18.5 Å². The SMILES string of the molecule is Cc1ccccc1C(=O)OCC(=O)Nc1c(C(C)C)cccc1C(C)C. The minimum atomic E-state index is -0.487. The number of anilines is 1. The van der Waals surface area contributed by atoms with Crippen molar-refractivity contribution < 1.29 is 14.3 Å². The molecule has 1 amide bonds. The van der Waals surface area contributed by atoms with E-state index >= 15 is 0 Å². The summed E-state index contributed by atoms with van der Waals surface area (Å²) in [5.74, 6) is -0.265. The van der Waals surface area contributed by atoms with Crippen molar-refractivity contribution in [3.05, 3.63) is 64.7 Å². The fourth-order valence-electron chi connectivity index (χ4n) is 2.88. The van der Waals surface area contributed by atoms with E-state index in [1.807, 2.05) is 37.3 Å². The topological polar surface area (TPSA) is 55.4 Å². The van der Waals surface area contributed by atoms with Gasteiger partial charge in [-0.15, -0.1) is 0 Å². The number of esters is 1. The molecule has 4 nitrogen and oxygen atoms in total. The van der Waals surface area contributed by atoms with Gasteiger partial charge in [-0.05, 0) is 41.5 Å². The van der Waals surface area contributed by atoms with Gasteiger partial charge in [0.25, 0.3) is 5.91 Å². The summed E-state index contributed by atoms with van der Waals surface area (Å²) >= 11 is 0. The molecule has 2 aromatic carbocycles. The largest absolute Gasteiger partial charge is 0.452 e. The normalized spacial score (nSPS) is 10.9. The van der Waals surface area contributed by atoms with Crippen LogP contribution >= 0.6 is 0 Å². The number of hydrogen-bond donors (Lipinski definition) is 1. The highest BCUT2D eigenvalue weighted by molar-refractivity contribution is 5.97. The highest BCUT2D eigenvalue weighted by Gasteiger charge is 2.17. The van der Waals surface area contributed by atoms with Gasteiger partial charge in [-0.25, -0.2) is 4.79 Å². The molecular formula is C22H27NO3. The molecule has 0 aliphatic rings. The highest BCUT2D eigenvalue weighted by atomic mass is 16.5. The van der Waals surface area contributed by atoms with Crippen LogP contribution < -0.4 is 5.32 Å². The summed E-state index contributed by atoms with van der Waals surface area (Å²) in [6, 6.07) is 13.2. The lowest BCUT2D eigenvalue weighted by Crippen LogP contribution is -2.23. The first kappa shape index (κ1) is 19.7. The maximum absolute atomic E-state index is 12.4. The number of para-hydroxylation sites is 1. The number of carbonyl (C=O) groups is 2. The van der Waals surface area contributed by atoms with E-state index in [4.69, 9.17) is 4.74 Å². The Hall–Kier alpha value is -2.62. The zero-order valence-corrected chi connectivity index (χ0v) is 16.1. The average molecular weight is 353 g/mol. The van der Waals surface area contributed by atoms with E-state index in [2.05, 4.69) is 33.0 Å². The molecule has 0 heterocycles. The first-order chi connectivity index (χ1) is 12.3. The van der Waals surface area contributed by atoms with Crippen LogP contribution in [0.3, 0.4) is 0 Å². The summed E-state index contributed by atoms with van der Waals surface area (Å²) in [5.41, 5.74) is 4.29. The first-order valence-electron chi connectivity index (χ1n) is 8.96. The Labute approximate surface area is 155 Å². The number of amides is 1. The summed E-state index contributed by atoms with van der Waals surface area (Å²) in [7, 11) is 0. The van der Waals surface area contributed by atoms with Gasteiger partial charge in [0.1, 0.15) is 0 Å². The van der Waals surface area contributed by atoms with Crippen molar-refractivity contribution in [2.75, 3.05) is 11.9 Å². The number of ether oxygens (including phenoxy) is 1. The Balaban J connectivity index is 2.11. The standard InChI is InChI=1S/C22H27NO3/c1-14(2)17-11-8-12-18(15(3)4)21(17)23-20(24)13-26-22(25)19-10-7-6-9-16(19)5/h6-12,14-15H,13H2,1-5H3,(H,23,24). The minimum Gasteiger partial charge on any atom is -0.452 e. The smallest absolute Gasteiger partial charge is 0.338 e. The molecule has 26 heavy (non-hydrogen) atoms. The van der Waals surface area contributed by atoms with E-state index in [1.54, 1.807) is 12.1 Å². The summed E-state index contributed by atoms with van der Waals surface area (Å²) in [6.45, 7) is 9.89. The van der Waals surface area contributed by atoms with Crippen molar-refractivity contribution in [2.45, 2.75) is 46.5 Å². The molecule has 0 saturated heterocycles. The number of aryl methyl sites for hydroxylation is 1. The van der Waals surface area contributed by atoms with Gasteiger partial charge in [-0.1, -0.05) is 64.1 Å². The van der Waals surface area contributed by atoms with E-state index in [1.165, 1.54) is 0 Å². The molecule has 0 bridgehead atoms. The molecule has 0 aliphatic heterocycles. The molecule has 4 heteroatoms. The predicted molar refractivity (Wildman–Crippen MR) is 105 cm³/mol. The summed E-state index contributed by atoms with van der Waals surface area (Å²) in [5, 5.41) is 2.95. The van der Waals surface area contributed by atoms with Crippen LogP contribution in [0.2, 0.25) is 0 Å². The molecule has 1 N–H and O–H groups in total. The lowest BCUT2D eigenvalue weighted by Gasteiger charge is -2.20. The van der Waals surface area contributed by atoms with Gasteiger partial charge in [0.15, 0.2) is 6.61 Å². The monoisotopic (exact) mass is 353 g/mol. The first-order valence-corrected chi connectivity index (χ1v) is 8.96. The van der Waals surface area contributed by atoms with Gasteiger partial charge in [0, 0.05) is 5.69 Å². The van der Waals surface area contributed by atoms with Gasteiger partial charge in [0.05, 0.1) is 5.56 Å². The van der Waals surface area contributed by atoms with Crippen LogP contribution in [0.5, 0.6) is 0 Å². The number of rotatable bonds is 6. The third-order valence-corrected chi connectivity index (χ3v) is 4.34. The summed E-state index contributed by atoms with van der Waals surface area (Å²) in [6.07, 6.45) is 0. The number of carbonyl (C=O) groups excluding carboxylic acids is 2. The molecule has 0 atom stereocenters. The van der Waals surface area contributed by atoms with Crippen LogP contribution in [0, 0.1) is 6.92 Å². The minimum absolute atomic E-state index is 0.276. The molecule has 0 unspecified atom stereocenters. The fraction of sp³-hybridized carbons (Fsp3) is 0.364. The molecule has 138 valence electrons. The lowest BCUT2D eigenvalue weighted by atomic mass is 9.92. The second kappa shape index (κ2) is 8.65. The van der Waals surface area contributed by atoms with Crippen molar-refractivity contribution in [3.63, 3.8) is 0 Å². The quantitative estimate of drug-likeness (QED) is 0.740. The Bertz CT molecular complexity index is 767. The Morgan fingerprint density at radius 3 is 2.04 bits per heavy atom. The third-order valence-electron chi connectivity index (χ3n) is 4.34. The second-order valence-electron chi connectivity index (χ2n) is 7.06. The van der Waals surface area contributed by atoms with Crippen LogP contribution in [0.15, 0.2) is 42.5 Å². The molecule has 0 spiro atoms. The zero-order valence-electron chi connectivity index (χ0n) is 16.1. The number of nitrogens with one attached hydrogen (secondary N) is 1. The van der Waals surface area contributed by atoms with Crippen LogP contribution in [0.4, 0.5) is 5.69 Å². The molecule has 0 radical (unpaired) electrons. The Kier molecular flexibility index (Phi) is 6.56. The maximum Gasteiger partial charge on any atom is 0.338 e. The van der Waals surface area contributed by atoms with Crippen molar-refractivity contribution in [2.24, 2.45) is 0 Å². The second-order valence-corrected chi connectivity index (χ2v) is 7.06. The number of benzene rings is 2. The molecule has 2 rings (SSSR count). The van der Waals surface area contributed by atoms with E-state index in [9.17, 15) is 9.59 Å². The van der Waals surface area contributed by atoms with Crippen molar-refractivity contribution in [1.29, 1.82) is 0 Å². The van der Waals surface area contributed by atoms with Crippen LogP contribution in [0.1, 0.15) is 66.6 Å².